The van der Waals surface area contributed by atoms with Gasteiger partial charge in [-0.1, -0.05) is 54.6 Å². The molecule has 32 heavy (non-hydrogen) atoms. The molecule has 1 N–H and O–H groups in total. The smallest absolute Gasteiger partial charge is 0.278 e. The lowest BCUT2D eigenvalue weighted by Crippen LogP contribution is -2.64. The highest BCUT2D eigenvalue weighted by molar-refractivity contribution is 5.96. The maximum Gasteiger partial charge on any atom is 0.278 e. The maximum absolute atomic E-state index is 13.6. The van der Waals surface area contributed by atoms with Gasteiger partial charge in [0.1, 0.15) is 6.17 Å². The Kier molecular flexibility index (Phi) is 5.00. The highest BCUT2D eigenvalue weighted by Crippen LogP contribution is 2.39. The number of carbonyl (C=O) groups is 1. The minimum Gasteiger partial charge on any atom is -0.502 e. The van der Waals surface area contributed by atoms with Gasteiger partial charge in [0.15, 0.2) is 11.4 Å². The summed E-state index contributed by atoms with van der Waals surface area (Å²) < 4.78 is 1.71. The monoisotopic (exact) mass is 429 g/mol. The van der Waals surface area contributed by atoms with Crippen LogP contribution in [0.5, 0.6) is 5.75 Å². The van der Waals surface area contributed by atoms with Gasteiger partial charge in [-0.05, 0) is 49.8 Å². The Labute approximate surface area is 187 Å². The summed E-state index contributed by atoms with van der Waals surface area (Å²) >= 11 is 0. The van der Waals surface area contributed by atoms with E-state index in [-0.39, 0.29) is 29.9 Å². The summed E-state index contributed by atoms with van der Waals surface area (Å²) in [6, 6.07) is 19.7. The van der Waals surface area contributed by atoms with E-state index < -0.39 is 11.2 Å². The molecule has 5 rings (SSSR count). The molecule has 0 saturated carbocycles. The van der Waals surface area contributed by atoms with Crippen LogP contribution in [-0.4, -0.2) is 32.8 Å². The van der Waals surface area contributed by atoms with Gasteiger partial charge >= 0.3 is 0 Å². The van der Waals surface area contributed by atoms with Crippen molar-refractivity contribution in [2.24, 2.45) is 0 Å². The summed E-state index contributed by atoms with van der Waals surface area (Å²) in [6.07, 6.45) is 4.06. The highest BCUT2D eigenvalue weighted by atomic mass is 16.3. The molecule has 164 valence electrons. The Bertz CT molecular complexity index is 1220. The van der Waals surface area contributed by atoms with Gasteiger partial charge in [0, 0.05) is 18.3 Å². The molecule has 6 heteroatoms. The van der Waals surface area contributed by atoms with Crippen LogP contribution in [0.2, 0.25) is 0 Å². The van der Waals surface area contributed by atoms with Crippen molar-refractivity contribution >= 4 is 5.91 Å². The molecule has 2 aliphatic heterocycles. The first kappa shape index (κ1) is 20.4. The number of pyridine rings is 1. The molecule has 0 saturated heterocycles. The number of aryl methyl sites for hydroxylation is 1. The summed E-state index contributed by atoms with van der Waals surface area (Å²) in [4.78, 5) is 27.7. The molecule has 6 nitrogen and oxygen atoms in total. The fraction of sp³-hybridized carbons (Fsp3) is 0.308. The topological polar surface area (TPSA) is 65.8 Å². The second-order valence-electron chi connectivity index (χ2n) is 8.79. The quantitative estimate of drug-likeness (QED) is 0.673. The average molecular weight is 430 g/mol. The molecule has 0 spiro atoms. The van der Waals surface area contributed by atoms with E-state index in [0.717, 1.165) is 24.8 Å². The lowest BCUT2D eigenvalue weighted by molar-refractivity contribution is 0.0440. The number of benzene rings is 2. The fourth-order valence-corrected chi connectivity index (χ4v) is 5.20. The van der Waals surface area contributed by atoms with Gasteiger partial charge in [-0.15, -0.1) is 0 Å². The third-order valence-electron chi connectivity index (χ3n) is 6.56. The molecule has 1 amide bonds. The lowest BCUT2D eigenvalue weighted by Gasteiger charge is -2.52. The van der Waals surface area contributed by atoms with Gasteiger partial charge < -0.3 is 10.0 Å². The van der Waals surface area contributed by atoms with Crippen LogP contribution in [0, 0.1) is 0 Å². The molecule has 1 aromatic heterocycles. The zero-order chi connectivity index (χ0) is 22.4. The number of rotatable bonds is 2. The standard InChI is InChI=1S/C26H27N3O3/c1-17(2)28-22-14-8-12-18-9-6-7-13-20(18)23(19-10-4-3-5-11-19)29(22)27-16-15-21(30)25(31)24(27)26(28)32/h3-7,9-11,13,15-17,22-23,31H,8,12,14H2,1-2H3/t22?,23-/m1/s1. The predicted octanol–water partition coefficient (Wildman–Crippen LogP) is 3.81. The molecule has 1 unspecified atom stereocenters. The maximum atomic E-state index is 13.6. The predicted molar refractivity (Wildman–Crippen MR) is 123 cm³/mol. The van der Waals surface area contributed by atoms with Crippen molar-refractivity contribution in [2.45, 2.75) is 51.4 Å². The molecule has 0 bridgehead atoms. The van der Waals surface area contributed by atoms with E-state index >= 15 is 0 Å². The number of fused-ring (bicyclic) bond motifs is 4. The summed E-state index contributed by atoms with van der Waals surface area (Å²) in [5.74, 6) is -0.805. The minimum absolute atomic E-state index is 0.0291. The molecule has 2 aromatic carbocycles. The number of nitrogens with zero attached hydrogens (tertiary/aromatic N) is 3. The van der Waals surface area contributed by atoms with Crippen LogP contribution < -0.4 is 10.4 Å². The molecular weight excluding hydrogens is 402 g/mol. The van der Waals surface area contributed by atoms with Crippen molar-refractivity contribution in [3.63, 3.8) is 0 Å². The van der Waals surface area contributed by atoms with E-state index in [9.17, 15) is 14.7 Å². The number of hydrogen-bond acceptors (Lipinski definition) is 4. The van der Waals surface area contributed by atoms with Crippen molar-refractivity contribution in [2.75, 3.05) is 5.01 Å². The van der Waals surface area contributed by atoms with E-state index in [0.29, 0.717) is 0 Å². The molecule has 2 atom stereocenters. The molecular formula is C26H27N3O3. The number of aromatic hydroxyl groups is 1. The Balaban J connectivity index is 1.84. The summed E-state index contributed by atoms with van der Waals surface area (Å²) in [6.45, 7) is 3.96. The lowest BCUT2D eigenvalue weighted by atomic mass is 9.88. The van der Waals surface area contributed by atoms with E-state index in [4.69, 9.17) is 0 Å². The van der Waals surface area contributed by atoms with Crippen molar-refractivity contribution in [3.05, 3.63) is 99.5 Å². The minimum atomic E-state index is -0.546. The van der Waals surface area contributed by atoms with Crippen LogP contribution in [0.1, 0.15) is 59.9 Å². The van der Waals surface area contributed by atoms with Crippen molar-refractivity contribution in [1.82, 2.24) is 9.58 Å². The van der Waals surface area contributed by atoms with Crippen LogP contribution in [0.25, 0.3) is 0 Å². The zero-order valence-corrected chi connectivity index (χ0v) is 18.3. The Morgan fingerprint density at radius 3 is 2.44 bits per heavy atom. The first-order valence-electron chi connectivity index (χ1n) is 11.2. The number of carbonyl (C=O) groups excluding carboxylic acids is 1. The zero-order valence-electron chi connectivity index (χ0n) is 18.3. The number of hydrogen-bond donors (Lipinski definition) is 1. The van der Waals surface area contributed by atoms with Gasteiger partial charge in [-0.25, -0.2) is 0 Å². The van der Waals surface area contributed by atoms with Crippen LogP contribution >= 0.6 is 0 Å². The normalized spacial score (nSPS) is 20.3. The van der Waals surface area contributed by atoms with Crippen molar-refractivity contribution < 1.29 is 9.90 Å². The second-order valence-corrected chi connectivity index (χ2v) is 8.79. The Morgan fingerprint density at radius 1 is 0.969 bits per heavy atom. The van der Waals surface area contributed by atoms with Gasteiger partial charge in [-0.2, -0.15) is 0 Å². The van der Waals surface area contributed by atoms with Gasteiger partial charge in [0.2, 0.25) is 5.43 Å². The van der Waals surface area contributed by atoms with Crippen molar-refractivity contribution in [3.8, 4) is 5.75 Å². The molecule has 0 radical (unpaired) electrons. The Hall–Kier alpha value is -3.54. The largest absolute Gasteiger partial charge is 0.502 e. The van der Waals surface area contributed by atoms with Crippen LogP contribution in [0.15, 0.2) is 71.7 Å². The van der Waals surface area contributed by atoms with Crippen LogP contribution in [-0.2, 0) is 6.42 Å². The summed E-state index contributed by atoms with van der Waals surface area (Å²) in [5, 5.41) is 12.8. The third kappa shape index (κ3) is 3.09. The van der Waals surface area contributed by atoms with Gasteiger partial charge in [0.05, 0.1) is 6.04 Å². The number of amides is 1. The van der Waals surface area contributed by atoms with Crippen LogP contribution in [0.3, 0.4) is 0 Å². The van der Waals surface area contributed by atoms with E-state index in [2.05, 4.69) is 35.3 Å². The number of aromatic nitrogens is 1. The fourth-order valence-electron chi connectivity index (χ4n) is 5.20. The van der Waals surface area contributed by atoms with E-state index in [1.54, 1.807) is 10.9 Å². The van der Waals surface area contributed by atoms with Crippen molar-refractivity contribution in [1.29, 1.82) is 0 Å². The van der Waals surface area contributed by atoms with E-state index in [1.165, 1.54) is 17.2 Å². The summed E-state index contributed by atoms with van der Waals surface area (Å²) in [5.41, 5.74) is 3.02. The molecule has 0 aliphatic carbocycles. The molecule has 2 aliphatic rings. The molecule has 0 fully saturated rings. The molecule has 3 aromatic rings. The SMILES string of the molecule is CC(C)N1C(=O)c2c(O)c(=O)ccn2N2C1CCCc1ccccc1[C@H]2c1ccccc1. The highest BCUT2D eigenvalue weighted by Gasteiger charge is 2.44. The Morgan fingerprint density at radius 2 is 1.69 bits per heavy atom. The average Bonchev–Trinajstić information content (AvgIpc) is 2.78. The van der Waals surface area contributed by atoms with Crippen LogP contribution in [0.4, 0.5) is 0 Å². The molecule has 3 heterocycles. The third-order valence-corrected chi connectivity index (χ3v) is 6.56. The van der Waals surface area contributed by atoms with E-state index in [1.807, 2.05) is 43.0 Å². The first-order valence-corrected chi connectivity index (χ1v) is 11.2. The second kappa shape index (κ2) is 7.86. The van der Waals surface area contributed by atoms with Gasteiger partial charge in [-0.3, -0.25) is 19.3 Å². The first-order chi connectivity index (χ1) is 15.5. The summed E-state index contributed by atoms with van der Waals surface area (Å²) in [7, 11) is 0. The van der Waals surface area contributed by atoms with Gasteiger partial charge in [0.25, 0.3) is 5.91 Å².